The van der Waals surface area contributed by atoms with Crippen LogP contribution in [0.25, 0.3) is 0 Å². The van der Waals surface area contributed by atoms with Crippen molar-refractivity contribution in [3.8, 4) is 11.8 Å². The summed E-state index contributed by atoms with van der Waals surface area (Å²) in [6.07, 6.45) is 0.339. The highest BCUT2D eigenvalue weighted by molar-refractivity contribution is 5.82. The van der Waals surface area contributed by atoms with Gasteiger partial charge in [-0.05, 0) is 0 Å². The van der Waals surface area contributed by atoms with Crippen LogP contribution in [0.3, 0.4) is 0 Å². The summed E-state index contributed by atoms with van der Waals surface area (Å²) >= 11 is 0. The highest BCUT2D eigenvalue weighted by Crippen LogP contribution is 2.25. The molecule has 1 unspecified atom stereocenters. The summed E-state index contributed by atoms with van der Waals surface area (Å²) in [5, 5.41) is 12.1. The fourth-order valence-electron chi connectivity index (χ4n) is 1.77. The number of ether oxygens (including phenoxy) is 3. The zero-order valence-electron chi connectivity index (χ0n) is 10.7. The molecule has 1 aliphatic heterocycles. The molecule has 1 atom stereocenters. The Balaban J connectivity index is 2.28. The number of rotatable bonds is 5. The first-order valence-corrected chi connectivity index (χ1v) is 5.66. The molecule has 8 heteroatoms. The van der Waals surface area contributed by atoms with E-state index in [0.29, 0.717) is 13.0 Å². The van der Waals surface area contributed by atoms with Gasteiger partial charge in [-0.3, -0.25) is 0 Å². The Labute approximate surface area is 109 Å². The molecule has 0 aliphatic carbocycles. The van der Waals surface area contributed by atoms with Gasteiger partial charge in [0.2, 0.25) is 17.7 Å². The monoisotopic (exact) mass is 269 g/mol. The van der Waals surface area contributed by atoms with Gasteiger partial charge >= 0.3 is 5.97 Å². The van der Waals surface area contributed by atoms with Crippen molar-refractivity contribution < 1.29 is 24.1 Å². The summed E-state index contributed by atoms with van der Waals surface area (Å²) in [5.41, 5.74) is -1.21. The smallest absolute Gasteiger partial charge is 0.331 e. The molecule has 0 saturated carbocycles. The number of nitrogens with zero attached hydrogens (tertiary/aromatic N) is 2. The normalized spacial score (nSPS) is 22.0. The molecule has 1 aromatic rings. The van der Waals surface area contributed by atoms with E-state index in [4.69, 9.17) is 14.2 Å². The molecule has 8 nitrogen and oxygen atoms in total. The summed E-state index contributed by atoms with van der Waals surface area (Å²) in [6, 6.07) is 1.50. The molecule has 1 aromatic heterocycles. The van der Waals surface area contributed by atoms with E-state index in [1.807, 2.05) is 0 Å². The summed E-state index contributed by atoms with van der Waals surface area (Å²) in [5.74, 6) is -0.304. The summed E-state index contributed by atoms with van der Waals surface area (Å²) in [6.45, 7) is 0.436. The molecule has 104 valence electrons. The summed E-state index contributed by atoms with van der Waals surface area (Å²) in [4.78, 5) is 19.5. The standard InChI is InChI=1S/C11H15N3O5/c1-17-7-5-8(18-2)13-10(12-7)14-11(9(15)16)3-4-19-6-11/h5H,3-4,6H2,1-2H3,(H,15,16)(H,12,13,14). The van der Waals surface area contributed by atoms with Gasteiger partial charge in [0.25, 0.3) is 0 Å². The number of methoxy groups -OCH3 is 2. The van der Waals surface area contributed by atoms with Crippen LogP contribution in [0.2, 0.25) is 0 Å². The second kappa shape index (κ2) is 5.27. The topological polar surface area (TPSA) is 103 Å². The van der Waals surface area contributed by atoms with Gasteiger partial charge < -0.3 is 24.6 Å². The first kappa shape index (κ1) is 13.3. The maximum atomic E-state index is 11.4. The Morgan fingerprint density at radius 2 is 2.05 bits per heavy atom. The van der Waals surface area contributed by atoms with Crippen LogP contribution in [-0.4, -0.2) is 54.0 Å². The van der Waals surface area contributed by atoms with Crippen LogP contribution in [0.5, 0.6) is 11.8 Å². The molecule has 0 aromatic carbocycles. The minimum atomic E-state index is -1.21. The third kappa shape index (κ3) is 2.68. The Bertz CT molecular complexity index is 451. The second-order valence-corrected chi connectivity index (χ2v) is 4.09. The number of aromatic nitrogens is 2. The predicted molar refractivity (Wildman–Crippen MR) is 64.6 cm³/mol. The average molecular weight is 269 g/mol. The number of aliphatic carboxylic acids is 1. The van der Waals surface area contributed by atoms with Crippen molar-refractivity contribution in [1.82, 2.24) is 9.97 Å². The number of hydrogen-bond acceptors (Lipinski definition) is 7. The van der Waals surface area contributed by atoms with Crippen LogP contribution in [0.15, 0.2) is 6.07 Å². The van der Waals surface area contributed by atoms with Gasteiger partial charge in [-0.1, -0.05) is 0 Å². The SMILES string of the molecule is COc1cc(OC)nc(NC2(C(=O)O)CCOC2)n1. The molecule has 0 radical (unpaired) electrons. The van der Waals surface area contributed by atoms with Gasteiger partial charge in [0.15, 0.2) is 5.54 Å². The van der Waals surface area contributed by atoms with E-state index in [-0.39, 0.29) is 24.3 Å². The van der Waals surface area contributed by atoms with Crippen molar-refractivity contribution in [1.29, 1.82) is 0 Å². The highest BCUT2D eigenvalue weighted by Gasteiger charge is 2.43. The Morgan fingerprint density at radius 3 is 2.47 bits per heavy atom. The number of carbonyl (C=O) groups is 1. The lowest BCUT2D eigenvalue weighted by Gasteiger charge is -2.23. The first-order valence-electron chi connectivity index (χ1n) is 5.66. The van der Waals surface area contributed by atoms with E-state index in [1.54, 1.807) is 0 Å². The molecular formula is C11H15N3O5. The maximum Gasteiger partial charge on any atom is 0.331 e. The minimum Gasteiger partial charge on any atom is -0.481 e. The lowest BCUT2D eigenvalue weighted by molar-refractivity contribution is -0.142. The third-order valence-corrected chi connectivity index (χ3v) is 2.88. The quantitative estimate of drug-likeness (QED) is 0.778. The molecule has 19 heavy (non-hydrogen) atoms. The fraction of sp³-hybridized carbons (Fsp3) is 0.545. The number of carboxylic acids is 1. The number of nitrogens with one attached hydrogen (secondary N) is 1. The maximum absolute atomic E-state index is 11.4. The summed E-state index contributed by atoms with van der Waals surface area (Å²) in [7, 11) is 2.91. The van der Waals surface area contributed by atoms with Crippen molar-refractivity contribution in [2.45, 2.75) is 12.0 Å². The molecule has 1 saturated heterocycles. The van der Waals surface area contributed by atoms with Gasteiger partial charge in [0.1, 0.15) is 0 Å². The molecular weight excluding hydrogens is 254 g/mol. The highest BCUT2D eigenvalue weighted by atomic mass is 16.5. The van der Waals surface area contributed by atoms with Crippen molar-refractivity contribution >= 4 is 11.9 Å². The molecule has 2 heterocycles. The number of hydrogen-bond donors (Lipinski definition) is 2. The zero-order chi connectivity index (χ0) is 13.9. The van der Waals surface area contributed by atoms with Crippen molar-refractivity contribution in [3.05, 3.63) is 6.07 Å². The van der Waals surface area contributed by atoms with Crippen LogP contribution < -0.4 is 14.8 Å². The summed E-state index contributed by atoms with van der Waals surface area (Å²) < 4.78 is 15.2. The van der Waals surface area contributed by atoms with Gasteiger partial charge in [-0.15, -0.1) is 0 Å². The fourth-order valence-corrected chi connectivity index (χ4v) is 1.77. The van der Waals surface area contributed by atoms with E-state index in [0.717, 1.165) is 0 Å². The Kier molecular flexibility index (Phi) is 3.70. The minimum absolute atomic E-state index is 0.0607. The molecule has 2 N–H and O–H groups in total. The van der Waals surface area contributed by atoms with E-state index in [2.05, 4.69) is 15.3 Å². The van der Waals surface area contributed by atoms with Gasteiger partial charge in [0.05, 0.1) is 26.9 Å². The molecule has 0 amide bonds. The molecule has 0 spiro atoms. The molecule has 2 rings (SSSR count). The Morgan fingerprint density at radius 1 is 1.42 bits per heavy atom. The predicted octanol–water partition coefficient (Wildman–Crippen LogP) is 0.149. The van der Waals surface area contributed by atoms with E-state index < -0.39 is 11.5 Å². The van der Waals surface area contributed by atoms with Crippen LogP contribution in [-0.2, 0) is 9.53 Å². The third-order valence-electron chi connectivity index (χ3n) is 2.88. The van der Waals surface area contributed by atoms with Crippen molar-refractivity contribution in [2.24, 2.45) is 0 Å². The molecule has 0 bridgehead atoms. The largest absolute Gasteiger partial charge is 0.481 e. The Hall–Kier alpha value is -2.09. The second-order valence-electron chi connectivity index (χ2n) is 4.09. The van der Waals surface area contributed by atoms with Crippen LogP contribution in [0.4, 0.5) is 5.95 Å². The zero-order valence-corrected chi connectivity index (χ0v) is 10.7. The first-order chi connectivity index (χ1) is 9.09. The van der Waals surface area contributed by atoms with Crippen molar-refractivity contribution in [2.75, 3.05) is 32.8 Å². The van der Waals surface area contributed by atoms with Gasteiger partial charge in [-0.2, -0.15) is 9.97 Å². The van der Waals surface area contributed by atoms with Gasteiger partial charge in [0, 0.05) is 13.0 Å². The van der Waals surface area contributed by atoms with Gasteiger partial charge in [-0.25, -0.2) is 4.79 Å². The van der Waals surface area contributed by atoms with Crippen LogP contribution >= 0.6 is 0 Å². The van der Waals surface area contributed by atoms with Crippen LogP contribution in [0.1, 0.15) is 6.42 Å². The van der Waals surface area contributed by atoms with E-state index >= 15 is 0 Å². The van der Waals surface area contributed by atoms with Crippen LogP contribution in [0, 0.1) is 0 Å². The molecule has 1 aliphatic rings. The number of carboxylic acid groups (broad SMARTS) is 1. The lowest BCUT2D eigenvalue weighted by atomic mass is 9.99. The number of anilines is 1. The van der Waals surface area contributed by atoms with Crippen molar-refractivity contribution in [3.63, 3.8) is 0 Å². The van der Waals surface area contributed by atoms with E-state index in [1.165, 1.54) is 20.3 Å². The lowest BCUT2D eigenvalue weighted by Crippen LogP contribution is -2.47. The average Bonchev–Trinajstić information content (AvgIpc) is 2.88. The molecule has 1 fully saturated rings. The van der Waals surface area contributed by atoms with E-state index in [9.17, 15) is 9.90 Å².